The van der Waals surface area contributed by atoms with Gasteiger partial charge in [-0.15, -0.1) is 0 Å². The maximum Gasteiger partial charge on any atom is 0.317 e. The molecule has 1 rings (SSSR count). The monoisotopic (exact) mass is 149 g/mol. The molecule has 1 amide bonds. The summed E-state index contributed by atoms with van der Waals surface area (Å²) in [7, 11) is 0. The van der Waals surface area contributed by atoms with E-state index in [2.05, 4.69) is 0 Å². The average Bonchev–Trinajstić information content (AvgIpc) is 2.14. The van der Waals surface area contributed by atoms with Crippen molar-refractivity contribution in [2.24, 2.45) is 5.92 Å². The van der Waals surface area contributed by atoms with Crippen molar-refractivity contribution in [1.82, 2.24) is 4.90 Å². The highest BCUT2D eigenvalue weighted by Gasteiger charge is 2.32. The number of halogens is 2. The second-order valence-electron chi connectivity index (χ2n) is 2.50. The van der Waals surface area contributed by atoms with Crippen molar-refractivity contribution in [3.63, 3.8) is 0 Å². The number of rotatable bonds is 1. The lowest BCUT2D eigenvalue weighted by Crippen LogP contribution is -2.31. The van der Waals surface area contributed by atoms with Gasteiger partial charge in [0.25, 0.3) is 0 Å². The van der Waals surface area contributed by atoms with Crippen molar-refractivity contribution in [2.75, 3.05) is 6.54 Å². The van der Waals surface area contributed by atoms with E-state index < -0.39 is 12.5 Å². The summed E-state index contributed by atoms with van der Waals surface area (Å²) in [6.45, 7) is -0.736. The van der Waals surface area contributed by atoms with Crippen LogP contribution in [0.15, 0.2) is 0 Å². The molecule has 1 heterocycles. The highest BCUT2D eigenvalue weighted by Crippen LogP contribution is 2.20. The van der Waals surface area contributed by atoms with Gasteiger partial charge in [-0.3, -0.25) is 9.69 Å². The fourth-order valence-corrected chi connectivity index (χ4v) is 1.04. The molecule has 0 N–H and O–H groups in total. The zero-order chi connectivity index (χ0) is 7.72. The molecule has 0 unspecified atom stereocenters. The lowest BCUT2D eigenvalue weighted by molar-refractivity contribution is -0.141. The van der Waals surface area contributed by atoms with Crippen LogP contribution in [0.4, 0.5) is 8.78 Å². The Morgan fingerprint density at radius 1 is 1.70 bits per heavy atom. The number of carbonyl (C=O) groups is 1. The summed E-state index contributed by atoms with van der Waals surface area (Å²) in [4.78, 5) is 11.4. The highest BCUT2D eigenvalue weighted by molar-refractivity contribution is 5.80. The molecule has 0 saturated carbocycles. The van der Waals surface area contributed by atoms with Gasteiger partial charge in [-0.1, -0.05) is 6.92 Å². The minimum absolute atomic E-state index is 0.206. The van der Waals surface area contributed by atoms with Crippen molar-refractivity contribution in [3.05, 3.63) is 0 Å². The molecular weight excluding hydrogens is 140 g/mol. The van der Waals surface area contributed by atoms with E-state index >= 15 is 0 Å². The molecule has 0 aliphatic carbocycles. The Labute approximate surface area is 57.8 Å². The number of nitrogens with zero attached hydrogens (tertiary/aromatic N) is 1. The number of hydrogen-bond acceptors (Lipinski definition) is 1. The third-order valence-electron chi connectivity index (χ3n) is 1.74. The molecule has 0 radical (unpaired) electrons. The van der Waals surface area contributed by atoms with Crippen LogP contribution in [0.3, 0.4) is 0 Å². The van der Waals surface area contributed by atoms with Gasteiger partial charge < -0.3 is 0 Å². The summed E-state index contributed by atoms with van der Waals surface area (Å²) in [5.74, 6) is -0.635. The lowest BCUT2D eigenvalue weighted by atomic mass is 10.1. The van der Waals surface area contributed by atoms with Crippen LogP contribution in [-0.4, -0.2) is 23.9 Å². The first-order valence-electron chi connectivity index (χ1n) is 3.21. The molecule has 1 fully saturated rings. The Morgan fingerprint density at radius 2 is 2.30 bits per heavy atom. The van der Waals surface area contributed by atoms with E-state index in [1.165, 1.54) is 0 Å². The van der Waals surface area contributed by atoms with Gasteiger partial charge in [-0.25, -0.2) is 0 Å². The van der Waals surface area contributed by atoms with Crippen LogP contribution in [0.1, 0.15) is 13.3 Å². The van der Waals surface area contributed by atoms with Crippen molar-refractivity contribution < 1.29 is 13.6 Å². The van der Waals surface area contributed by atoms with Crippen LogP contribution in [0.2, 0.25) is 0 Å². The first kappa shape index (κ1) is 7.44. The van der Waals surface area contributed by atoms with Gasteiger partial charge in [-0.05, 0) is 6.42 Å². The van der Waals surface area contributed by atoms with Gasteiger partial charge in [0, 0.05) is 12.5 Å². The Balaban J connectivity index is 2.57. The summed E-state index contributed by atoms with van der Waals surface area (Å²) in [6, 6.07) is 0. The second-order valence-corrected chi connectivity index (χ2v) is 2.50. The Kier molecular flexibility index (Phi) is 1.87. The molecule has 1 aliphatic rings. The predicted molar refractivity (Wildman–Crippen MR) is 31.5 cm³/mol. The molecule has 0 aromatic carbocycles. The van der Waals surface area contributed by atoms with Crippen LogP contribution in [0.5, 0.6) is 0 Å². The van der Waals surface area contributed by atoms with Gasteiger partial charge in [0.05, 0.1) is 0 Å². The molecule has 0 spiro atoms. The third-order valence-corrected chi connectivity index (χ3v) is 1.74. The first-order valence-corrected chi connectivity index (χ1v) is 3.21. The number of hydrogen-bond donors (Lipinski definition) is 0. The van der Waals surface area contributed by atoms with Crippen LogP contribution in [-0.2, 0) is 4.79 Å². The Morgan fingerprint density at radius 3 is 2.50 bits per heavy atom. The quantitative estimate of drug-likeness (QED) is 0.511. The summed E-state index contributed by atoms with van der Waals surface area (Å²) < 4.78 is 23.7. The second kappa shape index (κ2) is 2.52. The average molecular weight is 149 g/mol. The van der Waals surface area contributed by atoms with E-state index in [1.807, 2.05) is 0 Å². The molecule has 0 aromatic heterocycles. The molecule has 4 heteroatoms. The highest BCUT2D eigenvalue weighted by atomic mass is 19.3. The van der Waals surface area contributed by atoms with Crippen LogP contribution in [0.25, 0.3) is 0 Å². The molecule has 2 nitrogen and oxygen atoms in total. The summed E-state index contributed by atoms with van der Waals surface area (Å²) in [6.07, 6.45) is 0.559. The van der Waals surface area contributed by atoms with E-state index in [4.69, 9.17) is 0 Å². The van der Waals surface area contributed by atoms with E-state index in [9.17, 15) is 13.6 Å². The van der Waals surface area contributed by atoms with Gasteiger partial charge in [0.1, 0.15) is 0 Å². The first-order chi connectivity index (χ1) is 4.63. The minimum Gasteiger partial charge on any atom is -0.286 e. The summed E-state index contributed by atoms with van der Waals surface area (Å²) >= 11 is 0. The van der Waals surface area contributed by atoms with Crippen molar-refractivity contribution in [2.45, 2.75) is 19.9 Å². The van der Waals surface area contributed by atoms with Crippen LogP contribution >= 0.6 is 0 Å². The van der Waals surface area contributed by atoms with E-state index in [1.54, 1.807) is 6.92 Å². The molecule has 0 aromatic rings. The molecule has 10 heavy (non-hydrogen) atoms. The standard InChI is InChI=1S/C6H9F2NO/c1-4-2-3-9(5(4)10)6(7)8/h4,6H,2-3H2,1H3/t4-/m1/s1. The molecule has 1 saturated heterocycles. The summed E-state index contributed by atoms with van der Waals surface area (Å²) in [5.41, 5.74) is 0. The van der Waals surface area contributed by atoms with Gasteiger partial charge in [0.15, 0.2) is 0 Å². The van der Waals surface area contributed by atoms with Crippen molar-refractivity contribution >= 4 is 5.91 Å². The predicted octanol–water partition coefficient (Wildman–Crippen LogP) is 1.08. The normalized spacial score (nSPS) is 26.6. The van der Waals surface area contributed by atoms with E-state index in [0.717, 1.165) is 0 Å². The van der Waals surface area contributed by atoms with Gasteiger partial charge in [0.2, 0.25) is 5.91 Å². The smallest absolute Gasteiger partial charge is 0.286 e. The van der Waals surface area contributed by atoms with E-state index in [-0.39, 0.29) is 12.5 Å². The third kappa shape index (κ3) is 1.10. The van der Waals surface area contributed by atoms with E-state index in [0.29, 0.717) is 11.3 Å². The molecule has 0 bridgehead atoms. The molecular formula is C6H9F2NO. The summed E-state index contributed by atoms with van der Waals surface area (Å²) in [5, 5.41) is 0. The Hall–Kier alpha value is -0.670. The number of carbonyl (C=O) groups excluding carboxylic acids is 1. The largest absolute Gasteiger partial charge is 0.317 e. The minimum atomic E-state index is -2.61. The fourth-order valence-electron chi connectivity index (χ4n) is 1.04. The Bertz CT molecular complexity index is 149. The van der Waals surface area contributed by atoms with Crippen molar-refractivity contribution in [3.8, 4) is 0 Å². The number of amides is 1. The SMILES string of the molecule is C[C@@H]1CCN(C(F)F)C1=O. The fraction of sp³-hybridized carbons (Fsp3) is 0.833. The van der Waals surface area contributed by atoms with Gasteiger partial charge in [-0.2, -0.15) is 8.78 Å². The number of likely N-dealkylation sites (tertiary alicyclic amines) is 1. The maximum atomic E-state index is 11.9. The van der Waals surface area contributed by atoms with Crippen LogP contribution < -0.4 is 0 Å². The zero-order valence-electron chi connectivity index (χ0n) is 5.68. The van der Waals surface area contributed by atoms with Crippen molar-refractivity contribution in [1.29, 1.82) is 0 Å². The topological polar surface area (TPSA) is 20.3 Å². The molecule has 58 valence electrons. The van der Waals surface area contributed by atoms with Gasteiger partial charge >= 0.3 is 6.55 Å². The van der Waals surface area contributed by atoms with Crippen LogP contribution in [0, 0.1) is 5.92 Å². The zero-order valence-corrected chi connectivity index (χ0v) is 5.68. The molecule has 1 aliphatic heterocycles. The number of alkyl halides is 2. The maximum absolute atomic E-state index is 11.9. The molecule has 1 atom stereocenters. The lowest BCUT2D eigenvalue weighted by Gasteiger charge is -2.13.